The number of hydrogen-bond donors (Lipinski definition) is 2. The number of H-pyrrole nitrogens is 1. The van der Waals surface area contributed by atoms with Crippen molar-refractivity contribution < 1.29 is 27.1 Å². The predicted molar refractivity (Wildman–Crippen MR) is 149 cm³/mol. The van der Waals surface area contributed by atoms with E-state index in [0.29, 0.717) is 45.7 Å². The third-order valence-corrected chi connectivity index (χ3v) is 7.26. The van der Waals surface area contributed by atoms with Crippen molar-refractivity contribution >= 4 is 22.8 Å². The second-order valence-electron chi connectivity index (χ2n) is 10.00. The molecule has 2 atom stereocenters. The smallest absolute Gasteiger partial charge is 0.239 e. The van der Waals surface area contributed by atoms with Crippen molar-refractivity contribution in [2.45, 2.75) is 37.7 Å². The van der Waals surface area contributed by atoms with Gasteiger partial charge in [0.1, 0.15) is 17.2 Å². The first kappa shape index (κ1) is 27.5. The Morgan fingerprint density at radius 3 is 2.60 bits per heavy atom. The van der Waals surface area contributed by atoms with E-state index < -0.39 is 36.4 Å². The minimum absolute atomic E-state index is 0.114. The number of aromatic amines is 1. The molecule has 42 heavy (non-hydrogen) atoms. The molecule has 11 heteroatoms. The second-order valence-corrected chi connectivity index (χ2v) is 10.00. The van der Waals surface area contributed by atoms with Crippen LogP contribution in [0.15, 0.2) is 73.1 Å². The number of anilines is 1. The Balaban J connectivity index is 1.41. The maximum absolute atomic E-state index is 14.9. The number of nitrogens with one attached hydrogen (secondary N) is 2. The molecule has 2 N–H and O–H groups in total. The molecule has 5 aromatic rings. The van der Waals surface area contributed by atoms with Crippen LogP contribution in [0.1, 0.15) is 42.4 Å². The summed E-state index contributed by atoms with van der Waals surface area (Å²) in [5.74, 6) is -3.01. The summed E-state index contributed by atoms with van der Waals surface area (Å²) in [5.41, 5.74) is 4.12. The number of aromatic nitrogens is 4. The summed E-state index contributed by atoms with van der Waals surface area (Å²) in [7, 11) is 0. The number of alkyl halides is 2. The molecule has 6 rings (SSSR count). The Labute approximate surface area is 238 Å². The lowest BCUT2D eigenvalue weighted by Gasteiger charge is -2.17. The molecule has 1 amide bonds. The minimum Gasteiger partial charge on any atom is -0.373 e. The zero-order valence-electron chi connectivity index (χ0n) is 22.2. The quantitative estimate of drug-likeness (QED) is 0.151. The molecule has 0 radical (unpaired) electrons. The van der Waals surface area contributed by atoms with E-state index in [1.54, 1.807) is 30.5 Å². The summed E-state index contributed by atoms with van der Waals surface area (Å²) in [6, 6.07) is 14.9. The summed E-state index contributed by atoms with van der Waals surface area (Å²) in [5, 5.41) is 2.63. The van der Waals surface area contributed by atoms with E-state index in [1.165, 1.54) is 24.4 Å². The molecule has 1 aliphatic rings. The maximum atomic E-state index is 14.9. The molecule has 1 aliphatic heterocycles. The standard InChI is InChI=1S/C31H25F4N5O2/c32-19-8-6-17(7-9-19)20(15-24(33)34)31(41)39-26-14-18(10-12-37-26)28-27(22-4-1-2-11-36-22)30-29(40-28)21(16-25(35)38-30)23-5-3-13-42-23/h1-2,4,6-12,14,16,20,23-24,40H,3,5,13,15H2,(H,37,39,41)/t20?,23-/m1/s1. The van der Waals surface area contributed by atoms with E-state index in [4.69, 9.17) is 4.74 Å². The molecule has 0 aliphatic carbocycles. The average Bonchev–Trinajstić information content (AvgIpc) is 3.65. The van der Waals surface area contributed by atoms with Crippen molar-refractivity contribution in [2.24, 2.45) is 0 Å². The van der Waals surface area contributed by atoms with E-state index in [-0.39, 0.29) is 17.5 Å². The van der Waals surface area contributed by atoms with Crippen LogP contribution in [-0.2, 0) is 9.53 Å². The molecule has 214 valence electrons. The van der Waals surface area contributed by atoms with Crippen molar-refractivity contribution in [3.8, 4) is 22.5 Å². The number of pyridine rings is 3. The van der Waals surface area contributed by atoms with Gasteiger partial charge in [0.2, 0.25) is 18.3 Å². The maximum Gasteiger partial charge on any atom is 0.239 e. The van der Waals surface area contributed by atoms with Gasteiger partial charge in [-0.15, -0.1) is 0 Å². The van der Waals surface area contributed by atoms with Crippen LogP contribution >= 0.6 is 0 Å². The first-order chi connectivity index (χ1) is 20.4. The number of fused-ring (bicyclic) bond motifs is 1. The fourth-order valence-corrected chi connectivity index (χ4v) is 5.34. The van der Waals surface area contributed by atoms with Gasteiger partial charge in [0.25, 0.3) is 0 Å². The summed E-state index contributed by atoms with van der Waals surface area (Å²) in [4.78, 5) is 29.5. The number of ether oxygens (including phenoxy) is 1. The number of halogens is 4. The van der Waals surface area contributed by atoms with Crippen molar-refractivity contribution in [2.75, 3.05) is 11.9 Å². The third-order valence-electron chi connectivity index (χ3n) is 7.26. The van der Waals surface area contributed by atoms with Crippen molar-refractivity contribution in [3.63, 3.8) is 0 Å². The monoisotopic (exact) mass is 575 g/mol. The number of hydrogen-bond acceptors (Lipinski definition) is 5. The number of nitrogens with zero attached hydrogens (tertiary/aromatic N) is 3. The van der Waals surface area contributed by atoms with Crippen molar-refractivity contribution in [1.29, 1.82) is 0 Å². The average molecular weight is 576 g/mol. The van der Waals surface area contributed by atoms with Gasteiger partial charge in [0, 0.05) is 42.6 Å². The fraction of sp³-hybridized carbons (Fsp3) is 0.226. The number of carbonyl (C=O) groups excluding carboxylic acids is 1. The number of carbonyl (C=O) groups is 1. The van der Waals surface area contributed by atoms with Crippen LogP contribution in [-0.4, -0.2) is 38.9 Å². The predicted octanol–water partition coefficient (Wildman–Crippen LogP) is 7.19. The van der Waals surface area contributed by atoms with Gasteiger partial charge < -0.3 is 15.0 Å². The summed E-state index contributed by atoms with van der Waals surface area (Å²) < 4.78 is 60.9. The van der Waals surface area contributed by atoms with Gasteiger partial charge in [-0.05, 0) is 54.8 Å². The molecular weight excluding hydrogens is 550 g/mol. The second kappa shape index (κ2) is 11.7. The first-order valence-corrected chi connectivity index (χ1v) is 13.4. The summed E-state index contributed by atoms with van der Waals surface area (Å²) in [6.45, 7) is 0.578. The third kappa shape index (κ3) is 5.60. The summed E-state index contributed by atoms with van der Waals surface area (Å²) >= 11 is 0. The Hall–Kier alpha value is -4.64. The highest BCUT2D eigenvalue weighted by molar-refractivity contribution is 6.02. The van der Waals surface area contributed by atoms with Gasteiger partial charge in [-0.1, -0.05) is 18.2 Å². The summed E-state index contributed by atoms with van der Waals surface area (Å²) in [6.07, 6.45) is 0.885. The normalized spacial score (nSPS) is 15.8. The van der Waals surface area contributed by atoms with E-state index >= 15 is 0 Å². The van der Waals surface area contributed by atoms with E-state index in [9.17, 15) is 22.4 Å². The molecule has 1 fully saturated rings. The Kier molecular flexibility index (Phi) is 7.66. The zero-order chi connectivity index (χ0) is 29.2. The lowest BCUT2D eigenvalue weighted by atomic mass is 9.95. The van der Waals surface area contributed by atoms with Crippen molar-refractivity contribution in [1.82, 2.24) is 19.9 Å². The molecule has 5 heterocycles. The van der Waals surface area contributed by atoms with Crippen LogP contribution in [0.2, 0.25) is 0 Å². The largest absolute Gasteiger partial charge is 0.373 e. The van der Waals surface area contributed by atoms with E-state index in [1.807, 2.05) is 6.07 Å². The van der Waals surface area contributed by atoms with Crippen molar-refractivity contribution in [3.05, 3.63) is 95.9 Å². The Morgan fingerprint density at radius 1 is 1.05 bits per heavy atom. The van der Waals surface area contributed by atoms with Gasteiger partial charge in [-0.2, -0.15) is 4.39 Å². The molecule has 1 saturated heterocycles. The highest BCUT2D eigenvalue weighted by Gasteiger charge is 2.28. The zero-order valence-corrected chi connectivity index (χ0v) is 22.2. The van der Waals surface area contributed by atoms with Gasteiger partial charge in [-0.25, -0.2) is 23.1 Å². The first-order valence-electron chi connectivity index (χ1n) is 13.4. The minimum atomic E-state index is -2.76. The molecule has 1 aromatic carbocycles. The Bertz CT molecular complexity index is 1720. The highest BCUT2D eigenvalue weighted by Crippen LogP contribution is 2.41. The molecular formula is C31H25F4N5O2. The van der Waals surface area contributed by atoms with Crippen LogP contribution in [0.3, 0.4) is 0 Å². The molecule has 0 saturated carbocycles. The molecule has 4 aromatic heterocycles. The van der Waals surface area contributed by atoms with Crippen LogP contribution in [0, 0.1) is 11.8 Å². The fourth-order valence-electron chi connectivity index (χ4n) is 5.34. The number of rotatable bonds is 8. The van der Waals surface area contributed by atoms with Crippen LogP contribution in [0.4, 0.5) is 23.4 Å². The van der Waals surface area contributed by atoms with Gasteiger partial charge >= 0.3 is 0 Å². The van der Waals surface area contributed by atoms with Gasteiger partial charge in [0.15, 0.2) is 0 Å². The van der Waals surface area contributed by atoms with Gasteiger partial charge in [-0.3, -0.25) is 9.78 Å². The topological polar surface area (TPSA) is 92.8 Å². The molecule has 7 nitrogen and oxygen atoms in total. The molecule has 0 spiro atoms. The SMILES string of the molecule is O=C(Nc1cc(-c2[nH]c3c([C@H]4CCCO4)cc(F)nc3c2-c2ccccn2)ccn1)C(CC(F)F)c1ccc(F)cc1. The van der Waals surface area contributed by atoms with Gasteiger partial charge in [0.05, 0.1) is 34.5 Å². The number of benzene rings is 1. The highest BCUT2D eigenvalue weighted by atomic mass is 19.3. The van der Waals surface area contributed by atoms with E-state index in [0.717, 1.165) is 25.0 Å². The molecule has 0 bridgehead atoms. The lowest BCUT2D eigenvalue weighted by Crippen LogP contribution is -2.23. The van der Waals surface area contributed by atoms with Crippen LogP contribution < -0.4 is 5.32 Å². The van der Waals surface area contributed by atoms with Crippen LogP contribution in [0.5, 0.6) is 0 Å². The Morgan fingerprint density at radius 2 is 1.88 bits per heavy atom. The lowest BCUT2D eigenvalue weighted by molar-refractivity contribution is -0.118. The van der Waals surface area contributed by atoms with Crippen LogP contribution in [0.25, 0.3) is 33.5 Å². The molecule has 1 unspecified atom stereocenters. The number of amides is 1. The van der Waals surface area contributed by atoms with E-state index in [2.05, 4.69) is 25.3 Å².